The van der Waals surface area contributed by atoms with E-state index in [1.54, 1.807) is 36.5 Å². The quantitative estimate of drug-likeness (QED) is 0.485. The number of fused-ring (bicyclic) bond motifs is 1. The van der Waals surface area contributed by atoms with Crippen LogP contribution in [0.15, 0.2) is 58.3 Å². The number of hydrogen-bond donors (Lipinski definition) is 1. The second-order valence-corrected chi connectivity index (χ2v) is 7.68. The van der Waals surface area contributed by atoms with Crippen molar-refractivity contribution < 1.29 is 9.84 Å². The Balaban J connectivity index is 1.63. The van der Waals surface area contributed by atoms with Crippen LogP contribution in [0.3, 0.4) is 0 Å². The van der Waals surface area contributed by atoms with Gasteiger partial charge in [-0.1, -0.05) is 29.8 Å². The summed E-state index contributed by atoms with van der Waals surface area (Å²) in [6.45, 7) is 5.11. The molecular weight excluding hydrogens is 402 g/mol. The molecule has 0 amide bonds. The number of rotatable bonds is 6. The van der Waals surface area contributed by atoms with Gasteiger partial charge in [-0.25, -0.2) is 4.57 Å². The highest BCUT2D eigenvalue weighted by Gasteiger charge is 2.16. The molecule has 0 atom stereocenters. The lowest BCUT2D eigenvalue weighted by atomic mass is 10.1. The molecule has 30 heavy (non-hydrogen) atoms. The number of morpholine rings is 1. The van der Waals surface area contributed by atoms with Crippen LogP contribution < -0.4 is 5.56 Å². The fourth-order valence-electron chi connectivity index (χ4n) is 3.69. The molecule has 4 rings (SSSR count). The molecule has 7 heteroatoms. The number of aromatic hydroxyl groups is 1. The molecular formula is C23H24ClN3O3. The number of aliphatic imine (C=N–C) groups is 1. The van der Waals surface area contributed by atoms with Gasteiger partial charge in [0.25, 0.3) is 5.56 Å². The van der Waals surface area contributed by atoms with Crippen LogP contribution in [0.4, 0.5) is 0 Å². The predicted molar refractivity (Wildman–Crippen MR) is 121 cm³/mol. The van der Waals surface area contributed by atoms with Gasteiger partial charge in [-0.15, -0.1) is 0 Å². The number of benzene rings is 2. The molecule has 0 bridgehead atoms. The first-order valence-electron chi connectivity index (χ1n) is 10.1. The van der Waals surface area contributed by atoms with Crippen LogP contribution in [0.5, 0.6) is 5.88 Å². The summed E-state index contributed by atoms with van der Waals surface area (Å²) in [5.41, 5.74) is 0.802. The van der Waals surface area contributed by atoms with Crippen molar-refractivity contribution in [1.29, 1.82) is 0 Å². The molecule has 1 aliphatic rings. The second-order valence-electron chi connectivity index (χ2n) is 7.24. The third-order valence-corrected chi connectivity index (χ3v) is 5.53. The minimum absolute atomic E-state index is 0.127. The summed E-state index contributed by atoms with van der Waals surface area (Å²) >= 11 is 5.98. The Labute approximate surface area is 180 Å². The molecule has 2 heterocycles. The van der Waals surface area contributed by atoms with E-state index < -0.39 is 0 Å². The normalized spacial score (nSPS) is 15.2. The van der Waals surface area contributed by atoms with E-state index in [0.717, 1.165) is 39.3 Å². The maximum Gasteiger partial charge on any atom is 0.265 e. The fourth-order valence-corrected chi connectivity index (χ4v) is 3.81. The Morgan fingerprint density at radius 2 is 1.77 bits per heavy atom. The summed E-state index contributed by atoms with van der Waals surface area (Å²) in [4.78, 5) is 20.0. The highest BCUT2D eigenvalue weighted by atomic mass is 35.5. The fraction of sp³-hybridized carbons (Fsp3) is 0.304. The van der Waals surface area contributed by atoms with Crippen molar-refractivity contribution in [1.82, 2.24) is 9.47 Å². The molecule has 1 aromatic heterocycles. The molecule has 1 fully saturated rings. The Morgan fingerprint density at radius 3 is 2.50 bits per heavy atom. The maximum absolute atomic E-state index is 13.0. The van der Waals surface area contributed by atoms with E-state index in [9.17, 15) is 9.90 Å². The van der Waals surface area contributed by atoms with Crippen LogP contribution in [-0.4, -0.2) is 60.2 Å². The Hall–Kier alpha value is -2.67. The number of halogens is 1. The van der Waals surface area contributed by atoms with E-state index >= 15 is 0 Å². The minimum atomic E-state index is -0.283. The van der Waals surface area contributed by atoms with E-state index in [4.69, 9.17) is 16.3 Å². The lowest BCUT2D eigenvalue weighted by molar-refractivity contribution is 0.0377. The maximum atomic E-state index is 13.0. The summed E-state index contributed by atoms with van der Waals surface area (Å²) in [5, 5.41) is 12.7. The third kappa shape index (κ3) is 4.41. The second kappa shape index (κ2) is 9.43. The molecule has 2 aromatic carbocycles. The molecule has 3 aromatic rings. The minimum Gasteiger partial charge on any atom is -0.494 e. The van der Waals surface area contributed by atoms with Gasteiger partial charge in [-0.3, -0.25) is 14.7 Å². The average Bonchev–Trinajstić information content (AvgIpc) is 2.77. The molecule has 1 aliphatic heterocycles. The van der Waals surface area contributed by atoms with Gasteiger partial charge in [0.15, 0.2) is 0 Å². The molecule has 156 valence electrons. The molecule has 0 unspecified atom stereocenters. The summed E-state index contributed by atoms with van der Waals surface area (Å²) in [7, 11) is 0. The molecule has 1 saturated heterocycles. The molecule has 1 N–H and O–H groups in total. The topological polar surface area (TPSA) is 67.1 Å². The lowest BCUT2D eigenvalue weighted by Gasteiger charge is -2.26. The van der Waals surface area contributed by atoms with Crippen molar-refractivity contribution in [3.05, 3.63) is 69.5 Å². The highest BCUT2D eigenvalue weighted by Crippen LogP contribution is 2.26. The Morgan fingerprint density at radius 1 is 1.07 bits per heavy atom. The number of aromatic nitrogens is 1. The van der Waals surface area contributed by atoms with Crippen molar-refractivity contribution in [3.8, 4) is 11.6 Å². The van der Waals surface area contributed by atoms with Crippen LogP contribution >= 0.6 is 11.6 Å². The first-order valence-corrected chi connectivity index (χ1v) is 10.5. The van der Waals surface area contributed by atoms with Crippen molar-refractivity contribution in [2.24, 2.45) is 4.99 Å². The van der Waals surface area contributed by atoms with Gasteiger partial charge in [0.05, 0.1) is 24.5 Å². The SMILES string of the molecule is O=c1c2ccccc2c(C=NCCCN2CCOCC2)c(O)n1-c1ccc(Cl)cc1. The number of nitrogens with zero attached hydrogens (tertiary/aromatic N) is 3. The van der Waals surface area contributed by atoms with Crippen LogP contribution in [0.2, 0.25) is 5.02 Å². The number of hydrogen-bond acceptors (Lipinski definition) is 5. The van der Waals surface area contributed by atoms with Crippen LogP contribution in [0.1, 0.15) is 12.0 Å². The van der Waals surface area contributed by atoms with Crippen molar-refractivity contribution in [3.63, 3.8) is 0 Å². The van der Waals surface area contributed by atoms with Gasteiger partial charge in [-0.2, -0.15) is 0 Å². The van der Waals surface area contributed by atoms with Crippen molar-refractivity contribution in [2.45, 2.75) is 6.42 Å². The van der Waals surface area contributed by atoms with Crippen molar-refractivity contribution in [2.75, 3.05) is 39.4 Å². The van der Waals surface area contributed by atoms with Gasteiger partial charge < -0.3 is 9.84 Å². The summed E-state index contributed by atoms with van der Waals surface area (Å²) in [6.07, 6.45) is 2.59. The Kier molecular flexibility index (Phi) is 6.47. The van der Waals surface area contributed by atoms with Crippen LogP contribution in [0, 0.1) is 0 Å². The molecule has 0 saturated carbocycles. The smallest absolute Gasteiger partial charge is 0.265 e. The lowest BCUT2D eigenvalue weighted by Crippen LogP contribution is -2.37. The van der Waals surface area contributed by atoms with Gasteiger partial charge in [-0.05, 0) is 36.8 Å². The molecule has 0 aliphatic carbocycles. The third-order valence-electron chi connectivity index (χ3n) is 5.27. The molecule has 6 nitrogen and oxygen atoms in total. The first kappa shape index (κ1) is 20.6. The standard InChI is InChI=1S/C23H24ClN3O3/c24-17-6-8-18(9-7-17)27-22(28)20-5-2-1-4-19(20)21(23(27)29)16-25-10-3-11-26-12-14-30-15-13-26/h1-2,4-9,16,29H,3,10-15H2. The summed E-state index contributed by atoms with van der Waals surface area (Å²) in [6, 6.07) is 14.1. The zero-order valence-electron chi connectivity index (χ0n) is 16.6. The van der Waals surface area contributed by atoms with Crippen LogP contribution in [0.25, 0.3) is 16.5 Å². The van der Waals surface area contributed by atoms with E-state index in [0.29, 0.717) is 33.6 Å². The molecule has 0 spiro atoms. The van der Waals surface area contributed by atoms with Gasteiger partial charge in [0.2, 0.25) is 5.88 Å². The zero-order valence-corrected chi connectivity index (χ0v) is 17.4. The van der Waals surface area contributed by atoms with Crippen LogP contribution in [-0.2, 0) is 4.74 Å². The first-order chi connectivity index (χ1) is 14.6. The predicted octanol–water partition coefficient (Wildman–Crippen LogP) is 3.49. The van der Waals surface area contributed by atoms with E-state index in [1.165, 1.54) is 4.57 Å². The summed E-state index contributed by atoms with van der Waals surface area (Å²) < 4.78 is 6.67. The average molecular weight is 426 g/mol. The largest absolute Gasteiger partial charge is 0.494 e. The van der Waals surface area contributed by atoms with Gasteiger partial charge in [0.1, 0.15) is 0 Å². The monoisotopic (exact) mass is 425 g/mol. The van der Waals surface area contributed by atoms with Crippen molar-refractivity contribution >= 4 is 28.6 Å². The molecule has 0 radical (unpaired) electrons. The van der Waals surface area contributed by atoms with E-state index in [2.05, 4.69) is 9.89 Å². The number of ether oxygens (including phenoxy) is 1. The number of pyridine rings is 1. The summed E-state index contributed by atoms with van der Waals surface area (Å²) in [5.74, 6) is -0.127. The highest BCUT2D eigenvalue weighted by molar-refractivity contribution is 6.30. The van der Waals surface area contributed by atoms with E-state index in [-0.39, 0.29) is 11.4 Å². The van der Waals surface area contributed by atoms with E-state index in [1.807, 2.05) is 18.2 Å². The van der Waals surface area contributed by atoms with Gasteiger partial charge in [0, 0.05) is 48.2 Å². The zero-order chi connectivity index (χ0) is 20.9. The van der Waals surface area contributed by atoms with Gasteiger partial charge >= 0.3 is 0 Å². The Bertz CT molecular complexity index is 1100.